The van der Waals surface area contributed by atoms with Gasteiger partial charge < -0.3 is 0 Å². The van der Waals surface area contributed by atoms with Crippen LogP contribution in [0.25, 0.3) is 0 Å². The van der Waals surface area contributed by atoms with Crippen LogP contribution in [0.3, 0.4) is 0 Å². The van der Waals surface area contributed by atoms with Crippen LogP contribution in [0.4, 0.5) is 0 Å². The molecule has 2 heteroatoms. The molecular weight excluding hydrogens is 248 g/mol. The lowest BCUT2D eigenvalue weighted by Gasteiger charge is -2.21. The highest BCUT2D eigenvalue weighted by Gasteiger charge is 2.25. The minimum absolute atomic E-state index is 1.42. The van der Waals surface area contributed by atoms with E-state index in [2.05, 4.69) is 73.4 Å². The summed E-state index contributed by atoms with van der Waals surface area (Å²) in [6, 6.07) is 8.98. The van der Waals surface area contributed by atoms with Crippen LogP contribution in [0.15, 0.2) is 24.3 Å². The lowest BCUT2D eigenvalue weighted by atomic mass is 10.4. The summed E-state index contributed by atoms with van der Waals surface area (Å²) in [6.45, 7) is 13.1. The molecule has 0 N–H and O–H groups in total. The van der Waals surface area contributed by atoms with Crippen LogP contribution in [0.2, 0.25) is 26.2 Å². The van der Waals surface area contributed by atoms with Gasteiger partial charge >= 0.3 is 0 Å². The van der Waals surface area contributed by atoms with Gasteiger partial charge in [-0.05, 0) is 24.2 Å². The molecular formula is C16H22Si2. The molecule has 0 atom stereocenters. The fraction of sp³-hybridized carbons (Fsp3) is 0.375. The van der Waals surface area contributed by atoms with Crippen LogP contribution in [0, 0.1) is 22.9 Å². The summed E-state index contributed by atoms with van der Waals surface area (Å²) in [5.41, 5.74) is 6.83. The topological polar surface area (TPSA) is 0 Å². The van der Waals surface area contributed by atoms with Gasteiger partial charge in [-0.2, -0.15) is 0 Å². The van der Waals surface area contributed by atoms with Crippen molar-refractivity contribution >= 4 is 26.5 Å². The maximum absolute atomic E-state index is 3.42. The van der Waals surface area contributed by atoms with Crippen molar-refractivity contribution in [3.8, 4) is 22.9 Å². The molecule has 0 spiro atoms. The average Bonchev–Trinajstić information content (AvgIpc) is 2.29. The maximum Gasteiger partial charge on any atom is 0.162 e. The average molecular weight is 271 g/mol. The van der Waals surface area contributed by atoms with Crippen molar-refractivity contribution in [2.24, 2.45) is 0 Å². The predicted octanol–water partition coefficient (Wildman–Crippen LogP) is 2.64. The molecule has 0 aliphatic heterocycles. The van der Waals surface area contributed by atoms with E-state index >= 15 is 0 Å². The lowest BCUT2D eigenvalue weighted by Crippen LogP contribution is -2.47. The van der Waals surface area contributed by atoms with Gasteiger partial charge in [0.15, 0.2) is 16.1 Å². The van der Waals surface area contributed by atoms with Crippen LogP contribution >= 0.6 is 0 Å². The van der Waals surface area contributed by atoms with E-state index in [9.17, 15) is 0 Å². The summed E-state index contributed by atoms with van der Waals surface area (Å²) in [6.07, 6.45) is 0. The maximum atomic E-state index is 3.42. The first-order valence-corrected chi connectivity index (χ1v) is 12.3. The molecule has 0 nitrogen and oxygen atoms in total. The van der Waals surface area contributed by atoms with Crippen LogP contribution in [0.5, 0.6) is 0 Å². The fourth-order valence-electron chi connectivity index (χ4n) is 2.07. The Bertz CT molecular complexity index is 498. The molecule has 0 fully saturated rings. The van der Waals surface area contributed by atoms with Crippen LogP contribution in [-0.2, 0) is 0 Å². The molecule has 0 heterocycles. The second kappa shape index (κ2) is 5.61. The predicted molar refractivity (Wildman–Crippen MR) is 87.6 cm³/mol. The summed E-state index contributed by atoms with van der Waals surface area (Å²) in [5, 5.41) is 2.85. The molecule has 1 aromatic carbocycles. The SMILES string of the molecule is CC#C[Si](C)(C)c1cccc([Si](C)(C)C#CC)c1. The van der Waals surface area contributed by atoms with Crippen molar-refractivity contribution in [2.45, 2.75) is 40.0 Å². The molecule has 0 saturated heterocycles. The molecule has 94 valence electrons. The van der Waals surface area contributed by atoms with Crippen molar-refractivity contribution in [2.75, 3.05) is 0 Å². The molecule has 0 radical (unpaired) electrons. The van der Waals surface area contributed by atoms with Crippen LogP contribution in [0.1, 0.15) is 13.8 Å². The van der Waals surface area contributed by atoms with Gasteiger partial charge in [0.1, 0.15) is 0 Å². The van der Waals surface area contributed by atoms with Gasteiger partial charge in [-0.15, -0.1) is 22.9 Å². The van der Waals surface area contributed by atoms with Gasteiger partial charge in [0.05, 0.1) is 0 Å². The Kier molecular flexibility index (Phi) is 4.62. The number of hydrogen-bond acceptors (Lipinski definition) is 0. The summed E-state index contributed by atoms with van der Waals surface area (Å²) in [4.78, 5) is 0. The molecule has 0 saturated carbocycles. The zero-order valence-electron chi connectivity index (χ0n) is 12.3. The molecule has 0 aromatic heterocycles. The molecule has 0 amide bonds. The molecule has 1 aromatic rings. The molecule has 0 bridgehead atoms. The monoisotopic (exact) mass is 270 g/mol. The van der Waals surface area contributed by atoms with E-state index in [-0.39, 0.29) is 0 Å². The third-order valence-electron chi connectivity index (χ3n) is 3.18. The normalized spacial score (nSPS) is 11.0. The molecule has 0 aliphatic rings. The largest absolute Gasteiger partial charge is 0.162 e. The van der Waals surface area contributed by atoms with Crippen LogP contribution in [-0.4, -0.2) is 16.1 Å². The smallest absolute Gasteiger partial charge is 0.126 e. The van der Waals surface area contributed by atoms with Gasteiger partial charge in [0.2, 0.25) is 0 Å². The first-order chi connectivity index (χ1) is 8.33. The number of hydrogen-bond donors (Lipinski definition) is 0. The van der Waals surface area contributed by atoms with Gasteiger partial charge in [0, 0.05) is 0 Å². The van der Waals surface area contributed by atoms with E-state index in [1.807, 2.05) is 13.8 Å². The first kappa shape index (κ1) is 14.8. The van der Waals surface area contributed by atoms with Crippen LogP contribution < -0.4 is 10.4 Å². The van der Waals surface area contributed by atoms with E-state index in [1.165, 1.54) is 10.4 Å². The second-order valence-corrected chi connectivity index (χ2v) is 13.7. The van der Waals surface area contributed by atoms with Gasteiger partial charge in [-0.25, -0.2) is 0 Å². The lowest BCUT2D eigenvalue weighted by molar-refractivity contribution is 1.72. The van der Waals surface area contributed by atoms with E-state index in [0.29, 0.717) is 0 Å². The number of rotatable bonds is 2. The van der Waals surface area contributed by atoms with E-state index in [1.54, 1.807) is 0 Å². The van der Waals surface area contributed by atoms with Gasteiger partial charge in [-0.1, -0.05) is 50.5 Å². The molecule has 0 unspecified atom stereocenters. The van der Waals surface area contributed by atoms with Gasteiger partial charge in [-0.3, -0.25) is 0 Å². The standard InChI is InChI=1S/C16H22Si2/c1-7-12-17(3,4)15-10-9-11-16(14-15)18(5,6)13-8-2/h9-11,14H,1-6H3. The zero-order valence-corrected chi connectivity index (χ0v) is 14.3. The van der Waals surface area contributed by atoms with E-state index in [4.69, 9.17) is 0 Å². The fourth-order valence-corrected chi connectivity index (χ4v) is 5.81. The summed E-state index contributed by atoms with van der Waals surface area (Å²) < 4.78 is 0. The molecule has 18 heavy (non-hydrogen) atoms. The Hall–Kier alpha value is -1.23. The van der Waals surface area contributed by atoms with Crippen molar-refractivity contribution in [3.05, 3.63) is 24.3 Å². The van der Waals surface area contributed by atoms with Crippen molar-refractivity contribution in [1.82, 2.24) is 0 Å². The molecule has 0 aliphatic carbocycles. The summed E-state index contributed by atoms with van der Waals surface area (Å²) in [7, 11) is -3.20. The Balaban J connectivity index is 3.28. The molecule has 1 rings (SSSR count). The van der Waals surface area contributed by atoms with Gasteiger partial charge in [0.25, 0.3) is 0 Å². The third kappa shape index (κ3) is 3.39. The zero-order chi connectivity index (χ0) is 13.8. The second-order valence-electron chi connectivity index (χ2n) is 5.58. The highest BCUT2D eigenvalue weighted by Crippen LogP contribution is 2.05. The first-order valence-electron chi connectivity index (χ1n) is 6.32. The Morgan fingerprint density at radius 1 is 0.778 bits per heavy atom. The number of benzene rings is 1. The quantitative estimate of drug-likeness (QED) is 0.572. The van der Waals surface area contributed by atoms with Crippen molar-refractivity contribution in [1.29, 1.82) is 0 Å². The summed E-state index contributed by atoms with van der Waals surface area (Å²) >= 11 is 0. The Labute approximate surface area is 114 Å². The Morgan fingerprint density at radius 2 is 1.17 bits per heavy atom. The Morgan fingerprint density at radius 3 is 1.50 bits per heavy atom. The highest BCUT2D eigenvalue weighted by molar-refractivity contribution is 6.99. The minimum Gasteiger partial charge on any atom is -0.126 e. The van der Waals surface area contributed by atoms with E-state index < -0.39 is 16.1 Å². The van der Waals surface area contributed by atoms with Crippen molar-refractivity contribution in [3.63, 3.8) is 0 Å². The van der Waals surface area contributed by atoms with E-state index in [0.717, 1.165) is 0 Å². The minimum atomic E-state index is -1.60. The highest BCUT2D eigenvalue weighted by atomic mass is 28.3. The van der Waals surface area contributed by atoms with Crippen molar-refractivity contribution < 1.29 is 0 Å². The third-order valence-corrected chi connectivity index (χ3v) is 8.44. The summed E-state index contributed by atoms with van der Waals surface area (Å²) in [5.74, 6) is 6.17.